The van der Waals surface area contributed by atoms with E-state index in [9.17, 15) is 4.79 Å². The minimum absolute atomic E-state index is 0.0118. The smallest absolute Gasteiger partial charge is 0.268 e. The van der Waals surface area contributed by atoms with Crippen molar-refractivity contribution in [1.29, 1.82) is 5.26 Å². The van der Waals surface area contributed by atoms with Crippen molar-refractivity contribution in [3.05, 3.63) is 40.4 Å². The molecule has 0 bridgehead atoms. The summed E-state index contributed by atoms with van der Waals surface area (Å²) in [5, 5.41) is 20.5. The van der Waals surface area contributed by atoms with Gasteiger partial charge in [-0.2, -0.15) is 5.26 Å². The molecule has 0 radical (unpaired) electrons. The second kappa shape index (κ2) is 7.94. The molecule has 2 aromatic rings. The number of halogens is 1. The van der Waals surface area contributed by atoms with Crippen LogP contribution in [0.5, 0.6) is 0 Å². The minimum Gasteiger partial charge on any atom is -0.296 e. The number of nitrogens with zero attached hydrogens (tertiary/aromatic N) is 3. The van der Waals surface area contributed by atoms with Crippen molar-refractivity contribution in [2.24, 2.45) is 0 Å². The summed E-state index contributed by atoms with van der Waals surface area (Å²) in [6.07, 6.45) is 1.49. The standard InChI is InChI=1S/C14H11ClN4OS2/c1-2-21-14-19-18-13(22-14)17-12(20)10(8-16)7-9-3-5-11(15)6-4-9/h3-7H,2H2,1H3,(H,17,18,20)/b10-7+. The van der Waals surface area contributed by atoms with Crippen molar-refractivity contribution >= 4 is 51.8 Å². The van der Waals surface area contributed by atoms with Gasteiger partial charge in [0.1, 0.15) is 11.6 Å². The van der Waals surface area contributed by atoms with Crippen molar-refractivity contribution in [2.75, 3.05) is 11.1 Å². The van der Waals surface area contributed by atoms with Gasteiger partial charge in [-0.3, -0.25) is 10.1 Å². The van der Waals surface area contributed by atoms with Crippen LogP contribution in [0.2, 0.25) is 5.02 Å². The van der Waals surface area contributed by atoms with Gasteiger partial charge in [0.15, 0.2) is 4.34 Å². The molecular weight excluding hydrogens is 340 g/mol. The molecular formula is C14H11ClN4OS2. The zero-order valence-electron chi connectivity index (χ0n) is 11.5. The fourth-order valence-electron chi connectivity index (χ4n) is 1.48. The number of thioether (sulfide) groups is 1. The Balaban J connectivity index is 2.11. The number of nitrogens with one attached hydrogen (secondary N) is 1. The van der Waals surface area contributed by atoms with Crippen molar-refractivity contribution in [2.45, 2.75) is 11.3 Å². The zero-order valence-corrected chi connectivity index (χ0v) is 13.9. The number of nitriles is 1. The minimum atomic E-state index is -0.512. The number of carbonyl (C=O) groups is 1. The number of hydrogen-bond donors (Lipinski definition) is 1. The highest BCUT2D eigenvalue weighted by atomic mass is 35.5. The second-order valence-corrected chi connectivity index (χ2v) is 6.91. The first kappa shape index (κ1) is 16.5. The maximum Gasteiger partial charge on any atom is 0.268 e. The van der Waals surface area contributed by atoms with Crippen LogP contribution < -0.4 is 5.32 Å². The van der Waals surface area contributed by atoms with Crippen LogP contribution in [0.15, 0.2) is 34.2 Å². The lowest BCUT2D eigenvalue weighted by atomic mass is 10.1. The third-order valence-electron chi connectivity index (χ3n) is 2.44. The van der Waals surface area contributed by atoms with Crippen LogP contribution in [0, 0.1) is 11.3 Å². The Morgan fingerprint density at radius 3 is 2.82 bits per heavy atom. The van der Waals surface area contributed by atoms with E-state index in [0.717, 1.165) is 15.7 Å². The molecule has 0 aliphatic heterocycles. The maximum absolute atomic E-state index is 12.1. The van der Waals surface area contributed by atoms with Crippen LogP contribution in [-0.2, 0) is 4.79 Å². The Morgan fingerprint density at radius 2 is 2.18 bits per heavy atom. The fraction of sp³-hybridized carbons (Fsp3) is 0.143. The van der Waals surface area contributed by atoms with Gasteiger partial charge in [0.2, 0.25) is 5.13 Å². The van der Waals surface area contributed by atoms with E-state index in [1.165, 1.54) is 17.4 Å². The normalized spacial score (nSPS) is 11.0. The molecule has 5 nitrogen and oxygen atoms in total. The predicted molar refractivity (Wildman–Crippen MR) is 90.0 cm³/mol. The first-order chi connectivity index (χ1) is 10.6. The first-order valence-corrected chi connectivity index (χ1v) is 8.45. The van der Waals surface area contributed by atoms with Gasteiger partial charge >= 0.3 is 0 Å². The van der Waals surface area contributed by atoms with Crippen LogP contribution in [0.25, 0.3) is 6.08 Å². The van der Waals surface area contributed by atoms with Crippen molar-refractivity contribution in [1.82, 2.24) is 10.2 Å². The number of benzene rings is 1. The quantitative estimate of drug-likeness (QED) is 0.383. The molecule has 0 atom stereocenters. The zero-order chi connectivity index (χ0) is 15.9. The molecule has 2 rings (SSSR count). The summed E-state index contributed by atoms with van der Waals surface area (Å²) < 4.78 is 0.776. The molecule has 1 heterocycles. The third-order valence-corrected chi connectivity index (χ3v) is 4.55. The van der Waals surface area contributed by atoms with Crippen molar-refractivity contribution < 1.29 is 4.79 Å². The summed E-state index contributed by atoms with van der Waals surface area (Å²) >= 11 is 8.62. The van der Waals surface area contributed by atoms with E-state index < -0.39 is 5.91 Å². The topological polar surface area (TPSA) is 78.7 Å². The average molecular weight is 351 g/mol. The number of rotatable bonds is 5. The molecule has 0 aliphatic rings. The molecule has 0 unspecified atom stereocenters. The predicted octanol–water partition coefficient (Wildman–Crippen LogP) is 3.85. The molecule has 8 heteroatoms. The summed E-state index contributed by atoms with van der Waals surface area (Å²) in [6.45, 7) is 2.01. The molecule has 1 aromatic carbocycles. The largest absolute Gasteiger partial charge is 0.296 e. The van der Waals surface area contributed by atoms with Gasteiger partial charge in [-0.15, -0.1) is 10.2 Å². The number of amides is 1. The van der Waals surface area contributed by atoms with Gasteiger partial charge in [-0.25, -0.2) is 0 Å². The van der Waals surface area contributed by atoms with Gasteiger partial charge in [-0.05, 0) is 29.5 Å². The molecule has 1 aromatic heterocycles. The number of anilines is 1. The Labute approximate surface area is 141 Å². The number of aromatic nitrogens is 2. The van der Waals surface area contributed by atoms with E-state index in [1.807, 2.05) is 13.0 Å². The van der Waals surface area contributed by atoms with Crippen LogP contribution in [-0.4, -0.2) is 21.9 Å². The summed E-state index contributed by atoms with van der Waals surface area (Å²) in [5.41, 5.74) is 0.706. The Morgan fingerprint density at radius 1 is 1.45 bits per heavy atom. The van der Waals surface area contributed by atoms with E-state index in [1.54, 1.807) is 36.0 Å². The summed E-state index contributed by atoms with van der Waals surface area (Å²) in [5.74, 6) is 0.365. The monoisotopic (exact) mass is 350 g/mol. The van der Waals surface area contributed by atoms with Crippen LogP contribution in [0.3, 0.4) is 0 Å². The van der Waals surface area contributed by atoms with Gasteiger partial charge in [0.25, 0.3) is 5.91 Å². The van der Waals surface area contributed by atoms with Gasteiger partial charge in [-0.1, -0.05) is 53.8 Å². The number of hydrogen-bond acceptors (Lipinski definition) is 6. The lowest BCUT2D eigenvalue weighted by Crippen LogP contribution is -2.13. The van der Waals surface area contributed by atoms with E-state index in [4.69, 9.17) is 16.9 Å². The van der Waals surface area contributed by atoms with Gasteiger partial charge < -0.3 is 0 Å². The molecule has 1 N–H and O–H groups in total. The second-order valence-electron chi connectivity index (χ2n) is 3.98. The van der Waals surface area contributed by atoms with Gasteiger partial charge in [0.05, 0.1) is 0 Å². The summed E-state index contributed by atoms with van der Waals surface area (Å²) in [4.78, 5) is 12.1. The average Bonchev–Trinajstić information content (AvgIpc) is 2.94. The Kier molecular flexibility index (Phi) is 5.95. The molecule has 0 saturated heterocycles. The van der Waals surface area contributed by atoms with Crippen LogP contribution >= 0.6 is 34.7 Å². The lowest BCUT2D eigenvalue weighted by molar-refractivity contribution is -0.112. The molecule has 22 heavy (non-hydrogen) atoms. The molecule has 112 valence electrons. The van der Waals surface area contributed by atoms with E-state index in [2.05, 4.69) is 15.5 Å². The lowest BCUT2D eigenvalue weighted by Gasteiger charge is -1.99. The summed E-state index contributed by atoms with van der Waals surface area (Å²) in [6, 6.07) is 8.73. The number of carbonyl (C=O) groups excluding carboxylic acids is 1. The fourth-order valence-corrected chi connectivity index (χ4v) is 3.25. The molecule has 1 amide bonds. The maximum atomic E-state index is 12.1. The Bertz CT molecular complexity index is 734. The van der Waals surface area contributed by atoms with E-state index in [0.29, 0.717) is 10.2 Å². The molecule has 0 aliphatic carbocycles. The highest BCUT2D eigenvalue weighted by Crippen LogP contribution is 2.25. The highest BCUT2D eigenvalue weighted by molar-refractivity contribution is 8.01. The van der Waals surface area contributed by atoms with Crippen molar-refractivity contribution in [3.8, 4) is 6.07 Å². The summed E-state index contributed by atoms with van der Waals surface area (Å²) in [7, 11) is 0. The third kappa shape index (κ3) is 4.56. The Hall–Kier alpha value is -1.88. The van der Waals surface area contributed by atoms with Crippen LogP contribution in [0.1, 0.15) is 12.5 Å². The van der Waals surface area contributed by atoms with Crippen LogP contribution in [0.4, 0.5) is 5.13 Å². The van der Waals surface area contributed by atoms with E-state index in [-0.39, 0.29) is 5.57 Å². The highest BCUT2D eigenvalue weighted by Gasteiger charge is 2.12. The van der Waals surface area contributed by atoms with Crippen molar-refractivity contribution in [3.63, 3.8) is 0 Å². The van der Waals surface area contributed by atoms with Gasteiger partial charge in [0, 0.05) is 5.02 Å². The van der Waals surface area contributed by atoms with E-state index >= 15 is 0 Å². The first-order valence-electron chi connectivity index (χ1n) is 6.27. The molecule has 0 saturated carbocycles. The SMILES string of the molecule is CCSc1nnc(NC(=O)/C(C#N)=C/c2ccc(Cl)cc2)s1. The molecule has 0 fully saturated rings. The molecule has 0 spiro atoms.